The molecule has 17 heavy (non-hydrogen) atoms. The second-order valence-electron chi connectivity index (χ2n) is 4.90. The molecule has 2 rings (SSSR count). The van der Waals surface area contributed by atoms with Gasteiger partial charge in [-0.3, -0.25) is 0 Å². The number of anilines is 1. The topological polar surface area (TPSA) is 78.1 Å². The fourth-order valence-electron chi connectivity index (χ4n) is 2.26. The van der Waals surface area contributed by atoms with Crippen LogP contribution in [0.4, 0.5) is 5.69 Å². The lowest BCUT2D eigenvalue weighted by atomic mass is 9.82. The lowest BCUT2D eigenvalue weighted by Crippen LogP contribution is -2.42. The fourth-order valence-corrected chi connectivity index (χ4v) is 2.26. The van der Waals surface area contributed by atoms with Crippen LogP contribution < -0.4 is 17.2 Å². The summed E-state index contributed by atoms with van der Waals surface area (Å²) in [6.45, 7) is 2.03. The maximum atomic E-state index is 6.38. The molecule has 1 unspecified atom stereocenters. The summed E-state index contributed by atoms with van der Waals surface area (Å²) in [5.41, 5.74) is 21.5. The van der Waals surface area contributed by atoms with Crippen LogP contribution in [0.25, 0.3) is 0 Å². The van der Waals surface area contributed by atoms with Crippen LogP contribution in [-0.4, -0.2) is 5.54 Å². The van der Waals surface area contributed by atoms with Crippen molar-refractivity contribution >= 4 is 5.69 Å². The summed E-state index contributed by atoms with van der Waals surface area (Å²) >= 11 is 0. The summed E-state index contributed by atoms with van der Waals surface area (Å²) in [5.74, 6) is 0. The smallest absolute Gasteiger partial charge is 0.0422 e. The third kappa shape index (κ3) is 2.68. The molecule has 0 saturated heterocycles. The van der Waals surface area contributed by atoms with Crippen molar-refractivity contribution in [2.45, 2.75) is 25.3 Å². The molecule has 0 aromatic heterocycles. The van der Waals surface area contributed by atoms with E-state index in [4.69, 9.17) is 17.2 Å². The third-order valence-corrected chi connectivity index (χ3v) is 3.17. The van der Waals surface area contributed by atoms with Gasteiger partial charge in [0.05, 0.1) is 0 Å². The maximum absolute atomic E-state index is 6.38. The Morgan fingerprint density at radius 2 is 2.06 bits per heavy atom. The summed E-state index contributed by atoms with van der Waals surface area (Å²) in [6, 6.07) is 7.86. The van der Waals surface area contributed by atoms with Crippen molar-refractivity contribution in [3.63, 3.8) is 0 Å². The van der Waals surface area contributed by atoms with E-state index >= 15 is 0 Å². The molecule has 0 heterocycles. The second kappa shape index (κ2) is 4.26. The molecule has 3 heteroatoms. The molecule has 0 bridgehead atoms. The van der Waals surface area contributed by atoms with Gasteiger partial charge in [0.2, 0.25) is 0 Å². The lowest BCUT2D eigenvalue weighted by molar-refractivity contribution is 0.511. The van der Waals surface area contributed by atoms with Gasteiger partial charge in [0, 0.05) is 16.9 Å². The Bertz CT molecular complexity index is 488. The molecular formula is C14H19N3. The summed E-state index contributed by atoms with van der Waals surface area (Å²) in [6.07, 6.45) is 5.48. The number of allylic oxidation sites excluding steroid dienone is 1. The zero-order valence-corrected chi connectivity index (χ0v) is 10.1. The van der Waals surface area contributed by atoms with Gasteiger partial charge >= 0.3 is 0 Å². The van der Waals surface area contributed by atoms with Gasteiger partial charge in [0.15, 0.2) is 0 Å². The van der Waals surface area contributed by atoms with E-state index in [0.29, 0.717) is 0 Å². The standard InChI is InChI=1S/C14H19N3/c1-10-8-14(17,6-5-13(10)16)9-11-3-2-4-12(15)7-11/h2-7H,8-9,15-17H2,1H3. The minimum atomic E-state index is -0.346. The van der Waals surface area contributed by atoms with Crippen LogP contribution in [0.1, 0.15) is 18.9 Å². The Balaban J connectivity index is 2.18. The van der Waals surface area contributed by atoms with E-state index in [2.05, 4.69) is 6.07 Å². The van der Waals surface area contributed by atoms with E-state index in [1.165, 1.54) is 0 Å². The number of rotatable bonds is 2. The zero-order valence-electron chi connectivity index (χ0n) is 10.1. The first-order chi connectivity index (χ1) is 7.98. The van der Waals surface area contributed by atoms with Gasteiger partial charge < -0.3 is 17.2 Å². The van der Waals surface area contributed by atoms with Gasteiger partial charge in [0.1, 0.15) is 0 Å². The number of hydrogen-bond donors (Lipinski definition) is 3. The van der Waals surface area contributed by atoms with E-state index in [0.717, 1.165) is 35.4 Å². The highest BCUT2D eigenvalue weighted by Crippen LogP contribution is 2.26. The largest absolute Gasteiger partial charge is 0.399 e. The first-order valence-electron chi connectivity index (χ1n) is 5.76. The monoisotopic (exact) mass is 229 g/mol. The molecule has 90 valence electrons. The molecule has 3 nitrogen and oxygen atoms in total. The Morgan fingerprint density at radius 1 is 1.29 bits per heavy atom. The molecule has 1 aliphatic rings. The molecular weight excluding hydrogens is 210 g/mol. The fraction of sp³-hybridized carbons (Fsp3) is 0.286. The Hall–Kier alpha value is -1.74. The predicted octanol–water partition coefficient (Wildman–Crippen LogP) is 1.70. The number of benzene rings is 1. The lowest BCUT2D eigenvalue weighted by Gasteiger charge is -2.30. The Kier molecular flexibility index (Phi) is 2.94. The summed E-state index contributed by atoms with van der Waals surface area (Å²) in [5, 5.41) is 0. The van der Waals surface area contributed by atoms with Crippen molar-refractivity contribution in [2.75, 3.05) is 5.73 Å². The molecule has 6 N–H and O–H groups in total. The predicted molar refractivity (Wildman–Crippen MR) is 72.1 cm³/mol. The highest BCUT2D eigenvalue weighted by atomic mass is 14.7. The van der Waals surface area contributed by atoms with Crippen molar-refractivity contribution in [1.29, 1.82) is 0 Å². The Labute approximate surface area is 102 Å². The van der Waals surface area contributed by atoms with Crippen LogP contribution in [0.5, 0.6) is 0 Å². The van der Waals surface area contributed by atoms with Crippen LogP contribution in [0, 0.1) is 0 Å². The third-order valence-electron chi connectivity index (χ3n) is 3.17. The molecule has 0 aliphatic heterocycles. The van der Waals surface area contributed by atoms with Gasteiger partial charge in [-0.1, -0.05) is 18.2 Å². The summed E-state index contributed by atoms with van der Waals surface area (Å²) in [7, 11) is 0. The van der Waals surface area contributed by atoms with E-state index in [1.807, 2.05) is 37.3 Å². The number of nitrogens with two attached hydrogens (primary N) is 3. The van der Waals surface area contributed by atoms with Crippen LogP contribution >= 0.6 is 0 Å². The van der Waals surface area contributed by atoms with Gasteiger partial charge in [-0.05, 0) is 49.1 Å². The SMILES string of the molecule is CC1=C(N)C=CC(N)(Cc2cccc(N)c2)C1. The molecule has 0 saturated carbocycles. The number of hydrogen-bond acceptors (Lipinski definition) is 3. The average molecular weight is 229 g/mol. The number of nitrogen functional groups attached to an aromatic ring is 1. The van der Waals surface area contributed by atoms with Crippen LogP contribution in [0.2, 0.25) is 0 Å². The molecule has 1 aromatic rings. The maximum Gasteiger partial charge on any atom is 0.0422 e. The van der Waals surface area contributed by atoms with E-state index in [9.17, 15) is 0 Å². The van der Waals surface area contributed by atoms with Gasteiger partial charge in [0.25, 0.3) is 0 Å². The minimum absolute atomic E-state index is 0.346. The summed E-state index contributed by atoms with van der Waals surface area (Å²) in [4.78, 5) is 0. The van der Waals surface area contributed by atoms with E-state index in [1.54, 1.807) is 0 Å². The van der Waals surface area contributed by atoms with Gasteiger partial charge in [-0.15, -0.1) is 0 Å². The molecule has 1 aliphatic carbocycles. The van der Waals surface area contributed by atoms with Crippen LogP contribution in [0.15, 0.2) is 47.7 Å². The molecule has 0 radical (unpaired) electrons. The quantitative estimate of drug-likeness (QED) is 0.675. The van der Waals surface area contributed by atoms with Crippen molar-refractivity contribution in [3.8, 4) is 0 Å². The molecule has 1 aromatic carbocycles. The molecule has 0 fully saturated rings. The Morgan fingerprint density at radius 3 is 2.71 bits per heavy atom. The first kappa shape index (κ1) is 11.7. The van der Waals surface area contributed by atoms with E-state index in [-0.39, 0.29) is 5.54 Å². The van der Waals surface area contributed by atoms with E-state index < -0.39 is 0 Å². The van der Waals surface area contributed by atoms with Crippen LogP contribution in [0.3, 0.4) is 0 Å². The minimum Gasteiger partial charge on any atom is -0.399 e. The van der Waals surface area contributed by atoms with Gasteiger partial charge in [-0.25, -0.2) is 0 Å². The van der Waals surface area contributed by atoms with Crippen molar-refractivity contribution in [2.24, 2.45) is 11.5 Å². The molecule has 0 amide bonds. The zero-order chi connectivity index (χ0) is 12.5. The van der Waals surface area contributed by atoms with Crippen molar-refractivity contribution in [1.82, 2.24) is 0 Å². The summed E-state index contributed by atoms with van der Waals surface area (Å²) < 4.78 is 0. The molecule has 0 spiro atoms. The van der Waals surface area contributed by atoms with Crippen molar-refractivity contribution in [3.05, 3.63) is 53.3 Å². The second-order valence-corrected chi connectivity index (χ2v) is 4.90. The first-order valence-corrected chi connectivity index (χ1v) is 5.76. The van der Waals surface area contributed by atoms with Crippen LogP contribution in [-0.2, 0) is 6.42 Å². The highest BCUT2D eigenvalue weighted by molar-refractivity contribution is 5.42. The van der Waals surface area contributed by atoms with Crippen molar-refractivity contribution < 1.29 is 0 Å². The average Bonchev–Trinajstić information content (AvgIpc) is 2.24. The molecule has 1 atom stereocenters. The van der Waals surface area contributed by atoms with Gasteiger partial charge in [-0.2, -0.15) is 0 Å². The normalized spacial score (nSPS) is 24.1. The highest BCUT2D eigenvalue weighted by Gasteiger charge is 2.26.